The van der Waals surface area contributed by atoms with E-state index in [0.717, 1.165) is 22.9 Å². The van der Waals surface area contributed by atoms with Gasteiger partial charge >= 0.3 is 0 Å². The fourth-order valence-corrected chi connectivity index (χ4v) is 4.64. The first-order valence-corrected chi connectivity index (χ1v) is 10.7. The molecule has 6 heteroatoms. The maximum atomic E-state index is 14.5. The molecule has 0 saturated heterocycles. The van der Waals surface area contributed by atoms with Gasteiger partial charge in [0.25, 0.3) is 0 Å². The van der Waals surface area contributed by atoms with Gasteiger partial charge in [-0.05, 0) is 54.1 Å². The first-order valence-electron chi connectivity index (χ1n) is 9.41. The van der Waals surface area contributed by atoms with Gasteiger partial charge in [0.2, 0.25) is 0 Å². The quantitative estimate of drug-likeness (QED) is 0.365. The smallest absolute Gasteiger partial charge is 0.133 e. The SMILES string of the molecule is OC(c1cccnc1)c1c(-c2ccc(F)cc2F)csc1CCc1ccc(Cl)cc1. The number of halogens is 3. The van der Waals surface area contributed by atoms with E-state index in [2.05, 4.69) is 4.98 Å². The van der Waals surface area contributed by atoms with Gasteiger partial charge in [0.05, 0.1) is 0 Å². The van der Waals surface area contributed by atoms with Crippen LogP contribution < -0.4 is 0 Å². The number of nitrogens with zero attached hydrogens (tertiary/aromatic N) is 1. The highest BCUT2D eigenvalue weighted by Crippen LogP contribution is 2.40. The highest BCUT2D eigenvalue weighted by molar-refractivity contribution is 7.10. The highest BCUT2D eigenvalue weighted by atomic mass is 35.5. The highest BCUT2D eigenvalue weighted by Gasteiger charge is 2.23. The maximum absolute atomic E-state index is 14.5. The zero-order valence-corrected chi connectivity index (χ0v) is 17.4. The standard InChI is InChI=1S/C24H18ClF2NOS/c25-17-6-3-15(4-7-17)5-10-22-23(24(29)16-2-1-11-28-13-16)20(14-30-22)19-9-8-18(26)12-21(19)27/h1-4,6-9,11-14,24,29H,5,10H2. The Hall–Kier alpha value is -2.60. The summed E-state index contributed by atoms with van der Waals surface area (Å²) >= 11 is 7.42. The fraction of sp³-hybridized carbons (Fsp3) is 0.125. The van der Waals surface area contributed by atoms with Crippen molar-refractivity contribution in [2.24, 2.45) is 0 Å². The van der Waals surface area contributed by atoms with Gasteiger partial charge in [-0.25, -0.2) is 8.78 Å². The van der Waals surface area contributed by atoms with E-state index in [1.165, 1.54) is 23.5 Å². The van der Waals surface area contributed by atoms with E-state index < -0.39 is 17.7 Å². The van der Waals surface area contributed by atoms with E-state index in [1.54, 1.807) is 24.5 Å². The number of rotatable bonds is 6. The number of aryl methyl sites for hydroxylation is 2. The lowest BCUT2D eigenvalue weighted by Crippen LogP contribution is -2.05. The van der Waals surface area contributed by atoms with Crippen LogP contribution in [0.4, 0.5) is 8.78 Å². The Labute approximate surface area is 182 Å². The van der Waals surface area contributed by atoms with Crippen LogP contribution in [-0.4, -0.2) is 10.1 Å². The minimum Gasteiger partial charge on any atom is -0.384 e. The zero-order valence-electron chi connectivity index (χ0n) is 15.9. The minimum absolute atomic E-state index is 0.267. The van der Waals surface area contributed by atoms with Crippen LogP contribution in [0.3, 0.4) is 0 Å². The van der Waals surface area contributed by atoms with Crippen LogP contribution in [0, 0.1) is 11.6 Å². The van der Waals surface area contributed by atoms with Gasteiger partial charge in [-0.2, -0.15) is 0 Å². The lowest BCUT2D eigenvalue weighted by atomic mass is 9.93. The molecule has 0 radical (unpaired) electrons. The van der Waals surface area contributed by atoms with E-state index in [1.807, 2.05) is 29.6 Å². The minimum atomic E-state index is -0.968. The van der Waals surface area contributed by atoms with Crippen LogP contribution in [0.25, 0.3) is 11.1 Å². The van der Waals surface area contributed by atoms with E-state index in [4.69, 9.17) is 11.6 Å². The number of pyridine rings is 1. The summed E-state index contributed by atoms with van der Waals surface area (Å²) in [7, 11) is 0. The lowest BCUT2D eigenvalue weighted by Gasteiger charge is -2.16. The summed E-state index contributed by atoms with van der Waals surface area (Å²) in [6.45, 7) is 0. The van der Waals surface area contributed by atoms with Gasteiger partial charge in [0.1, 0.15) is 17.7 Å². The maximum Gasteiger partial charge on any atom is 0.133 e. The van der Waals surface area contributed by atoms with Crippen molar-refractivity contribution in [1.29, 1.82) is 0 Å². The summed E-state index contributed by atoms with van der Waals surface area (Å²) in [4.78, 5) is 5.03. The summed E-state index contributed by atoms with van der Waals surface area (Å²) in [5.41, 5.74) is 3.20. The molecule has 4 aromatic rings. The van der Waals surface area contributed by atoms with Gasteiger partial charge in [-0.3, -0.25) is 4.98 Å². The van der Waals surface area contributed by atoms with E-state index >= 15 is 0 Å². The second kappa shape index (κ2) is 9.04. The Bertz CT molecular complexity index is 1150. The molecule has 0 aliphatic rings. The molecule has 4 rings (SSSR count). The molecule has 2 aromatic heterocycles. The Morgan fingerprint density at radius 1 is 1.00 bits per heavy atom. The second-order valence-corrected chi connectivity index (χ2v) is 8.33. The average molecular weight is 442 g/mol. The Morgan fingerprint density at radius 3 is 2.50 bits per heavy atom. The molecule has 152 valence electrons. The van der Waals surface area contributed by atoms with E-state index in [9.17, 15) is 13.9 Å². The number of hydrogen-bond donors (Lipinski definition) is 1. The van der Waals surface area contributed by atoms with Crippen molar-refractivity contribution in [3.63, 3.8) is 0 Å². The van der Waals surface area contributed by atoms with Gasteiger partial charge in [-0.1, -0.05) is 29.8 Å². The molecule has 0 fully saturated rings. The molecule has 2 heterocycles. The van der Waals surface area contributed by atoms with Crippen LogP contribution in [0.1, 0.15) is 27.7 Å². The fourth-order valence-electron chi connectivity index (χ4n) is 3.43. The Kier molecular flexibility index (Phi) is 6.23. The third kappa shape index (κ3) is 4.43. The van der Waals surface area contributed by atoms with Crippen molar-refractivity contribution >= 4 is 22.9 Å². The van der Waals surface area contributed by atoms with Crippen LogP contribution in [-0.2, 0) is 12.8 Å². The van der Waals surface area contributed by atoms with Gasteiger partial charge < -0.3 is 5.11 Å². The summed E-state index contributed by atoms with van der Waals surface area (Å²) < 4.78 is 28.0. The second-order valence-electron chi connectivity index (χ2n) is 6.93. The predicted molar refractivity (Wildman–Crippen MR) is 117 cm³/mol. The molecule has 0 saturated carbocycles. The Morgan fingerprint density at radius 2 is 1.80 bits per heavy atom. The third-order valence-corrected chi connectivity index (χ3v) is 6.27. The monoisotopic (exact) mass is 441 g/mol. The van der Waals surface area contributed by atoms with Crippen LogP contribution in [0.2, 0.25) is 5.02 Å². The number of aromatic nitrogens is 1. The van der Waals surface area contributed by atoms with Crippen molar-refractivity contribution in [3.8, 4) is 11.1 Å². The summed E-state index contributed by atoms with van der Waals surface area (Å²) in [6, 6.07) is 14.6. The molecule has 30 heavy (non-hydrogen) atoms. The summed E-state index contributed by atoms with van der Waals surface area (Å²) in [5.74, 6) is -1.29. The van der Waals surface area contributed by atoms with Crippen molar-refractivity contribution in [2.45, 2.75) is 18.9 Å². The van der Waals surface area contributed by atoms with Gasteiger partial charge in [-0.15, -0.1) is 11.3 Å². The van der Waals surface area contributed by atoms with E-state index in [-0.39, 0.29) is 5.56 Å². The number of aliphatic hydroxyl groups is 1. The molecule has 1 unspecified atom stereocenters. The van der Waals surface area contributed by atoms with E-state index in [0.29, 0.717) is 28.1 Å². The van der Waals surface area contributed by atoms with Crippen molar-refractivity contribution in [3.05, 3.63) is 111 Å². The van der Waals surface area contributed by atoms with Gasteiger partial charge in [0.15, 0.2) is 0 Å². The molecule has 1 N–H and O–H groups in total. The topological polar surface area (TPSA) is 33.1 Å². The van der Waals surface area contributed by atoms with Crippen molar-refractivity contribution in [2.75, 3.05) is 0 Å². The molecule has 2 nitrogen and oxygen atoms in total. The third-order valence-electron chi connectivity index (χ3n) is 4.96. The molecular formula is C24H18ClF2NOS. The molecule has 0 bridgehead atoms. The van der Waals surface area contributed by atoms with Gasteiger partial charge in [0, 0.05) is 50.6 Å². The normalized spacial score (nSPS) is 12.1. The lowest BCUT2D eigenvalue weighted by molar-refractivity contribution is 0.220. The number of benzene rings is 2. The first kappa shape index (κ1) is 20.7. The largest absolute Gasteiger partial charge is 0.384 e. The van der Waals surface area contributed by atoms with Crippen molar-refractivity contribution in [1.82, 2.24) is 4.98 Å². The van der Waals surface area contributed by atoms with Crippen LogP contribution in [0.5, 0.6) is 0 Å². The summed E-state index contributed by atoms with van der Waals surface area (Å²) in [5, 5.41) is 13.6. The zero-order chi connectivity index (χ0) is 21.1. The molecule has 0 aliphatic heterocycles. The molecule has 0 spiro atoms. The number of thiophene rings is 1. The Balaban J connectivity index is 1.74. The molecule has 1 atom stereocenters. The van der Waals surface area contributed by atoms with Crippen molar-refractivity contribution < 1.29 is 13.9 Å². The van der Waals surface area contributed by atoms with Crippen LogP contribution >= 0.6 is 22.9 Å². The van der Waals surface area contributed by atoms with Crippen LogP contribution in [0.15, 0.2) is 72.4 Å². The number of hydrogen-bond acceptors (Lipinski definition) is 3. The number of aliphatic hydroxyl groups excluding tert-OH is 1. The molecule has 2 aromatic carbocycles. The predicted octanol–water partition coefficient (Wildman–Crippen LogP) is 6.61. The first-order chi connectivity index (χ1) is 14.5. The average Bonchev–Trinajstić information content (AvgIpc) is 3.17. The summed E-state index contributed by atoms with van der Waals surface area (Å²) in [6.07, 6.45) is 3.67. The molecule has 0 amide bonds. The molecule has 0 aliphatic carbocycles. The molecular weight excluding hydrogens is 424 g/mol.